The van der Waals surface area contributed by atoms with Crippen LogP contribution in [0.25, 0.3) is 28.5 Å². The Morgan fingerprint density at radius 3 is 1.36 bits per heavy atom. The number of rotatable bonds is 12. The van der Waals surface area contributed by atoms with Gasteiger partial charge >= 0.3 is 37.1 Å². The number of ether oxygens (including phenoxy) is 2. The maximum absolute atomic E-state index is 15.3. The number of hydrogen-bond donors (Lipinski definition) is 0. The van der Waals surface area contributed by atoms with E-state index in [1.165, 1.54) is 24.3 Å². The van der Waals surface area contributed by atoms with Crippen LogP contribution < -0.4 is 9.80 Å². The van der Waals surface area contributed by atoms with Crippen molar-refractivity contribution in [2.45, 2.75) is 104 Å². The molecule has 3 saturated heterocycles. The molecule has 0 radical (unpaired) electrons. The van der Waals surface area contributed by atoms with E-state index in [4.69, 9.17) is 18.3 Å². The topological polar surface area (TPSA) is 184 Å². The van der Waals surface area contributed by atoms with Gasteiger partial charge in [-0.15, -0.1) is 20.4 Å². The highest BCUT2D eigenvalue weighted by atomic mass is 32.2. The first kappa shape index (κ1) is 64.7. The van der Waals surface area contributed by atoms with Gasteiger partial charge in [0.25, 0.3) is 11.8 Å². The second-order valence-electron chi connectivity index (χ2n) is 23.3. The predicted molar refractivity (Wildman–Crippen MR) is 323 cm³/mol. The first-order valence-corrected chi connectivity index (χ1v) is 31.2. The molecule has 4 aliphatic rings. The van der Waals surface area contributed by atoms with Crippen LogP contribution in [0.2, 0.25) is 0 Å². The number of anilines is 2. The fraction of sp³-hybridized carbons (Fsp3) is 0.452. The quantitative estimate of drug-likeness (QED) is 0.105. The molecular formula is C62H70F6N10O8S2. The summed E-state index contributed by atoms with van der Waals surface area (Å²) in [5.74, 6) is 0.190. The fourth-order valence-electron chi connectivity index (χ4n) is 10.2. The van der Waals surface area contributed by atoms with Crippen molar-refractivity contribution >= 4 is 64.7 Å². The van der Waals surface area contributed by atoms with Crippen LogP contribution in [0.1, 0.15) is 114 Å². The summed E-state index contributed by atoms with van der Waals surface area (Å²) in [5.41, 5.74) is 4.10. The number of alkyl halides is 4. The lowest BCUT2D eigenvalue weighted by Crippen LogP contribution is -2.46. The SMILES string of the molecule is CC(C)(C)OC(=O)N1CC=C(c2ccc(N(Cc3ccc(-c4nnc(C(F)F)o4)cc3F)C(=O)N3CCSCC3)cc2)CC1.CC(C)(C)OC(=O)N1CCC(c2ccc(N(Cc3ccc(-c4nnc(C(F)F)o4)cc3F)C(=O)N3CCSCC3)cc2)CC1. The first-order valence-electron chi connectivity index (χ1n) is 28.9. The van der Waals surface area contributed by atoms with Crippen molar-refractivity contribution < 1.29 is 63.8 Å². The Hall–Kier alpha value is -7.74. The molecule has 18 nitrogen and oxygen atoms in total. The molecule has 0 N–H and O–H groups in total. The zero-order valence-electron chi connectivity index (χ0n) is 49.7. The average Bonchev–Trinajstić information content (AvgIpc) is 4.40. The number of halogens is 6. The van der Waals surface area contributed by atoms with E-state index in [2.05, 4.69) is 20.4 Å². The van der Waals surface area contributed by atoms with E-state index in [-0.39, 0.29) is 77.3 Å². The number of nitrogens with zero attached hydrogens (tertiary/aromatic N) is 10. The number of amides is 6. The summed E-state index contributed by atoms with van der Waals surface area (Å²) in [4.78, 5) is 62.4. The molecule has 0 atom stereocenters. The van der Waals surface area contributed by atoms with Gasteiger partial charge in [-0.3, -0.25) is 9.80 Å². The molecule has 2 aromatic heterocycles. The van der Waals surface area contributed by atoms with Crippen molar-refractivity contribution in [3.63, 3.8) is 0 Å². The normalized spacial score (nSPS) is 16.0. The third-order valence-electron chi connectivity index (χ3n) is 14.8. The number of likely N-dealkylation sites (tertiary alicyclic amines) is 1. The Morgan fingerprint density at radius 2 is 0.977 bits per heavy atom. The smallest absolute Gasteiger partial charge is 0.410 e. The van der Waals surface area contributed by atoms with Crippen LogP contribution in [0.5, 0.6) is 0 Å². The van der Waals surface area contributed by atoms with Gasteiger partial charge in [-0.2, -0.15) is 41.1 Å². The van der Waals surface area contributed by atoms with Crippen LogP contribution in [0.4, 0.5) is 56.9 Å². The zero-order valence-corrected chi connectivity index (χ0v) is 51.4. The summed E-state index contributed by atoms with van der Waals surface area (Å²) in [6.07, 6.45) is -2.25. The summed E-state index contributed by atoms with van der Waals surface area (Å²) < 4.78 is 103. The van der Waals surface area contributed by atoms with Crippen LogP contribution in [0, 0.1) is 11.6 Å². The van der Waals surface area contributed by atoms with Crippen molar-refractivity contribution in [3.05, 3.63) is 137 Å². The highest BCUT2D eigenvalue weighted by molar-refractivity contribution is 7.99. The van der Waals surface area contributed by atoms with Gasteiger partial charge in [0.2, 0.25) is 11.8 Å². The number of urea groups is 2. The van der Waals surface area contributed by atoms with E-state index in [0.717, 1.165) is 64.7 Å². The van der Waals surface area contributed by atoms with Crippen molar-refractivity contribution in [1.82, 2.24) is 40.0 Å². The lowest BCUT2D eigenvalue weighted by molar-refractivity contribution is 0.0203. The predicted octanol–water partition coefficient (Wildman–Crippen LogP) is 14.1. The van der Waals surface area contributed by atoms with Crippen molar-refractivity contribution in [2.24, 2.45) is 0 Å². The van der Waals surface area contributed by atoms with E-state index in [1.807, 2.05) is 96.1 Å². The largest absolute Gasteiger partial charge is 0.444 e. The molecule has 0 spiro atoms. The molecule has 6 amide bonds. The molecule has 6 aromatic rings. The van der Waals surface area contributed by atoms with Crippen LogP contribution in [-0.4, -0.2) is 151 Å². The third-order valence-corrected chi connectivity index (χ3v) is 16.7. The maximum atomic E-state index is 15.3. The number of carbonyl (C=O) groups excluding carboxylic acids is 4. The number of thioether (sulfide) groups is 2. The molecule has 88 heavy (non-hydrogen) atoms. The second kappa shape index (κ2) is 28.6. The molecule has 10 rings (SSSR count). The highest BCUT2D eigenvalue weighted by Gasteiger charge is 2.32. The molecule has 26 heteroatoms. The van der Waals surface area contributed by atoms with Gasteiger partial charge < -0.3 is 37.9 Å². The summed E-state index contributed by atoms with van der Waals surface area (Å²) >= 11 is 3.56. The summed E-state index contributed by atoms with van der Waals surface area (Å²) in [6, 6.07) is 23.1. The molecule has 0 unspecified atom stereocenters. The molecular weight excluding hydrogens is 1190 g/mol. The van der Waals surface area contributed by atoms with Gasteiger partial charge in [0.1, 0.15) is 22.8 Å². The molecule has 470 valence electrons. The van der Waals surface area contributed by atoms with Gasteiger partial charge in [0.15, 0.2) is 0 Å². The first-order chi connectivity index (χ1) is 42.0. The Morgan fingerprint density at radius 1 is 0.557 bits per heavy atom. The number of aromatic nitrogens is 4. The summed E-state index contributed by atoms with van der Waals surface area (Å²) in [5, 5.41) is 13.8. The second-order valence-corrected chi connectivity index (χ2v) is 25.8. The third kappa shape index (κ3) is 16.9. The minimum Gasteiger partial charge on any atom is -0.444 e. The van der Waals surface area contributed by atoms with E-state index in [9.17, 15) is 36.7 Å². The Kier molecular flexibility index (Phi) is 21.0. The molecule has 0 saturated carbocycles. The number of carbonyl (C=O) groups is 4. The van der Waals surface area contributed by atoms with Gasteiger partial charge in [-0.25, -0.2) is 28.0 Å². The Bertz CT molecular complexity index is 3410. The van der Waals surface area contributed by atoms with Crippen LogP contribution in [0.3, 0.4) is 0 Å². The standard InChI is InChI=1S/C31H36F3N5O4S.C31H34F3N5O4S/c2*1-31(2,3)43-30(41)38-12-10-21(11-13-38)20-6-8-24(9-7-20)39(29(40)37-14-16-44-17-15-37)19-23-5-4-22(18-25(23)32)27-35-36-28(42-27)26(33)34/h4-9,18,21,26H,10-17,19H2,1-3H3;4-10,18,26H,11-17,19H2,1-3H3. The zero-order chi connectivity index (χ0) is 62.9. The Labute approximate surface area is 514 Å². The van der Waals surface area contributed by atoms with Gasteiger partial charge in [0.05, 0.1) is 13.1 Å². The van der Waals surface area contributed by atoms with Gasteiger partial charge in [0, 0.05) is 109 Å². The molecule has 0 bridgehead atoms. The summed E-state index contributed by atoms with van der Waals surface area (Å²) in [6.45, 7) is 15.5. The minimum atomic E-state index is -2.93. The Balaban J connectivity index is 0.000000209. The lowest BCUT2D eigenvalue weighted by atomic mass is 9.89. The number of benzene rings is 4. The minimum absolute atomic E-state index is 0.0334. The molecule has 4 aliphatic heterocycles. The van der Waals surface area contributed by atoms with Crippen molar-refractivity contribution in [1.29, 1.82) is 0 Å². The average molecular weight is 1260 g/mol. The van der Waals surface area contributed by atoms with Crippen LogP contribution in [-0.2, 0) is 22.6 Å². The maximum Gasteiger partial charge on any atom is 0.410 e. The van der Waals surface area contributed by atoms with E-state index >= 15 is 8.78 Å². The molecule has 0 aliphatic carbocycles. The lowest BCUT2D eigenvalue weighted by Gasteiger charge is -2.34. The van der Waals surface area contributed by atoms with Crippen molar-refractivity contribution in [2.75, 3.05) is 85.2 Å². The highest BCUT2D eigenvalue weighted by Crippen LogP contribution is 2.34. The van der Waals surface area contributed by atoms with Crippen molar-refractivity contribution in [3.8, 4) is 22.9 Å². The van der Waals surface area contributed by atoms with E-state index in [0.29, 0.717) is 70.2 Å². The van der Waals surface area contributed by atoms with Crippen LogP contribution in [0.15, 0.2) is 99.8 Å². The number of piperidine rings is 1. The van der Waals surface area contributed by atoms with Gasteiger partial charge in [-0.05, 0) is 132 Å². The van der Waals surface area contributed by atoms with Gasteiger partial charge in [-0.1, -0.05) is 42.5 Å². The van der Waals surface area contributed by atoms with E-state index < -0.39 is 47.5 Å². The number of hydrogen-bond acceptors (Lipinski definition) is 14. The van der Waals surface area contributed by atoms with Crippen LogP contribution >= 0.6 is 23.5 Å². The fourth-order valence-corrected chi connectivity index (χ4v) is 12.0. The molecule has 4 aromatic carbocycles. The monoisotopic (exact) mass is 1260 g/mol. The molecule has 6 heterocycles. The molecule has 3 fully saturated rings. The summed E-state index contributed by atoms with van der Waals surface area (Å²) in [7, 11) is 0. The van der Waals surface area contributed by atoms with E-state index in [1.54, 1.807) is 52.9 Å².